The zero-order chi connectivity index (χ0) is 9.56. The van der Waals surface area contributed by atoms with E-state index in [4.69, 9.17) is 11.5 Å². The number of aliphatic carboxylic acids is 1. The van der Waals surface area contributed by atoms with E-state index in [9.17, 15) is 9.59 Å². The van der Waals surface area contributed by atoms with Crippen molar-refractivity contribution in [3.05, 3.63) is 0 Å². The van der Waals surface area contributed by atoms with Crippen molar-refractivity contribution in [2.75, 3.05) is 6.54 Å². The molecule has 1 amide bonds. The molecule has 0 saturated carbocycles. The van der Waals surface area contributed by atoms with Crippen molar-refractivity contribution in [3.8, 4) is 12.3 Å². The van der Waals surface area contributed by atoms with Gasteiger partial charge in [0.25, 0.3) is 5.91 Å². The molecule has 0 saturated heterocycles. The van der Waals surface area contributed by atoms with Crippen molar-refractivity contribution in [2.24, 2.45) is 5.92 Å². The Morgan fingerprint density at radius 1 is 1.67 bits per heavy atom. The number of terminal acetylenes is 1. The molecule has 12 heavy (non-hydrogen) atoms. The summed E-state index contributed by atoms with van der Waals surface area (Å²) in [5, 5.41) is 10.8. The molecule has 4 heteroatoms. The van der Waals surface area contributed by atoms with E-state index in [1.54, 1.807) is 6.92 Å². The average Bonchev–Trinajstić information content (AvgIpc) is 2.03. The Labute approximate surface area is 71.0 Å². The summed E-state index contributed by atoms with van der Waals surface area (Å²) in [6, 6.07) is 0. The van der Waals surface area contributed by atoms with Crippen LogP contribution in [-0.4, -0.2) is 23.5 Å². The van der Waals surface area contributed by atoms with E-state index in [2.05, 4.69) is 5.32 Å². The molecule has 0 aromatic carbocycles. The Hall–Kier alpha value is -1.50. The van der Waals surface area contributed by atoms with Crippen LogP contribution in [0.25, 0.3) is 0 Å². The van der Waals surface area contributed by atoms with Gasteiger partial charge in [0.1, 0.15) is 0 Å². The minimum Gasteiger partial charge on any atom is -0.481 e. The maximum Gasteiger partial charge on any atom is 0.306 e. The molecule has 2 N–H and O–H groups in total. The molecule has 4 nitrogen and oxygen atoms in total. The highest BCUT2D eigenvalue weighted by atomic mass is 16.4. The van der Waals surface area contributed by atoms with Gasteiger partial charge in [0, 0.05) is 6.54 Å². The second kappa shape index (κ2) is 5.19. The second-order valence-corrected chi connectivity index (χ2v) is 2.43. The molecule has 0 rings (SSSR count). The zero-order valence-electron chi connectivity index (χ0n) is 6.83. The number of carbonyl (C=O) groups is 2. The van der Waals surface area contributed by atoms with Crippen LogP contribution in [0.1, 0.15) is 13.3 Å². The van der Waals surface area contributed by atoms with Gasteiger partial charge in [0.15, 0.2) is 0 Å². The Bertz CT molecular complexity index is 217. The smallest absolute Gasteiger partial charge is 0.306 e. The number of carbonyl (C=O) groups excluding carboxylic acids is 1. The van der Waals surface area contributed by atoms with Gasteiger partial charge in [-0.2, -0.15) is 0 Å². The van der Waals surface area contributed by atoms with Crippen LogP contribution in [0.5, 0.6) is 0 Å². The molecular weight excluding hydrogens is 158 g/mol. The predicted molar refractivity (Wildman–Crippen MR) is 43.3 cm³/mol. The molecule has 0 aliphatic rings. The van der Waals surface area contributed by atoms with Crippen LogP contribution in [0.4, 0.5) is 0 Å². The first kappa shape index (κ1) is 10.5. The minimum atomic E-state index is -0.870. The van der Waals surface area contributed by atoms with Crippen molar-refractivity contribution in [1.29, 1.82) is 0 Å². The van der Waals surface area contributed by atoms with E-state index in [0.717, 1.165) is 0 Å². The summed E-state index contributed by atoms with van der Waals surface area (Å²) in [5.41, 5.74) is 0. The van der Waals surface area contributed by atoms with E-state index < -0.39 is 17.8 Å². The van der Waals surface area contributed by atoms with Crippen molar-refractivity contribution in [2.45, 2.75) is 13.3 Å². The van der Waals surface area contributed by atoms with Gasteiger partial charge in [-0.1, -0.05) is 6.92 Å². The van der Waals surface area contributed by atoms with E-state index in [1.807, 2.05) is 5.92 Å². The third-order valence-corrected chi connectivity index (χ3v) is 1.42. The number of hydrogen-bond donors (Lipinski definition) is 2. The third kappa shape index (κ3) is 4.34. The zero-order valence-corrected chi connectivity index (χ0v) is 6.83. The summed E-state index contributed by atoms with van der Waals surface area (Å²) in [7, 11) is 0. The van der Waals surface area contributed by atoms with Gasteiger partial charge in [0.2, 0.25) is 0 Å². The van der Waals surface area contributed by atoms with Crippen molar-refractivity contribution in [3.63, 3.8) is 0 Å². The molecule has 66 valence electrons. The molecule has 0 aliphatic carbocycles. The fourth-order valence-electron chi connectivity index (χ4n) is 0.577. The first-order valence-corrected chi connectivity index (χ1v) is 3.55. The number of carboxylic acids is 1. The molecule has 0 aromatic rings. The monoisotopic (exact) mass is 169 g/mol. The molecule has 0 spiro atoms. The van der Waals surface area contributed by atoms with Gasteiger partial charge in [-0.15, -0.1) is 6.42 Å². The van der Waals surface area contributed by atoms with Crippen LogP contribution in [0.15, 0.2) is 0 Å². The van der Waals surface area contributed by atoms with Crippen molar-refractivity contribution >= 4 is 11.9 Å². The number of hydrogen-bond acceptors (Lipinski definition) is 2. The first-order chi connectivity index (χ1) is 5.57. The summed E-state index contributed by atoms with van der Waals surface area (Å²) in [6.07, 6.45) is 5.16. The number of rotatable bonds is 4. The maximum atomic E-state index is 10.5. The lowest BCUT2D eigenvalue weighted by Crippen LogP contribution is -2.25. The summed E-state index contributed by atoms with van der Waals surface area (Å²) in [5.74, 6) is 0.0377. The van der Waals surface area contributed by atoms with Crippen LogP contribution < -0.4 is 5.32 Å². The Kier molecular flexibility index (Phi) is 4.54. The SMILES string of the molecule is C#CC(=O)NCCC(C)C(=O)O. The van der Waals surface area contributed by atoms with Gasteiger partial charge in [-0.05, 0) is 12.3 Å². The highest BCUT2D eigenvalue weighted by Gasteiger charge is 2.09. The van der Waals surface area contributed by atoms with E-state index in [-0.39, 0.29) is 0 Å². The van der Waals surface area contributed by atoms with Crippen molar-refractivity contribution in [1.82, 2.24) is 5.32 Å². The van der Waals surface area contributed by atoms with Crippen LogP contribution >= 0.6 is 0 Å². The molecule has 0 heterocycles. The maximum absolute atomic E-state index is 10.5. The van der Waals surface area contributed by atoms with Gasteiger partial charge >= 0.3 is 5.97 Å². The molecular formula is C8H11NO3. The molecule has 0 fully saturated rings. The fraction of sp³-hybridized carbons (Fsp3) is 0.500. The van der Waals surface area contributed by atoms with Crippen LogP contribution in [0.2, 0.25) is 0 Å². The molecule has 0 bridgehead atoms. The second-order valence-electron chi connectivity index (χ2n) is 2.43. The van der Waals surface area contributed by atoms with Crippen molar-refractivity contribution < 1.29 is 14.7 Å². The van der Waals surface area contributed by atoms with Crippen LogP contribution in [-0.2, 0) is 9.59 Å². The van der Waals surface area contributed by atoms with E-state index in [0.29, 0.717) is 13.0 Å². The summed E-state index contributed by atoms with van der Waals surface area (Å²) >= 11 is 0. The molecule has 0 radical (unpaired) electrons. The number of nitrogens with one attached hydrogen (secondary N) is 1. The highest BCUT2D eigenvalue weighted by Crippen LogP contribution is 1.98. The normalized spacial score (nSPS) is 11.3. The first-order valence-electron chi connectivity index (χ1n) is 3.55. The summed E-state index contributed by atoms with van der Waals surface area (Å²) in [4.78, 5) is 20.8. The largest absolute Gasteiger partial charge is 0.481 e. The molecule has 1 unspecified atom stereocenters. The number of amides is 1. The molecule has 0 aliphatic heterocycles. The lowest BCUT2D eigenvalue weighted by molar-refractivity contribution is -0.141. The topological polar surface area (TPSA) is 66.4 Å². The Balaban J connectivity index is 3.52. The predicted octanol–water partition coefficient (Wildman–Crippen LogP) is -0.153. The van der Waals surface area contributed by atoms with Gasteiger partial charge in [-0.25, -0.2) is 0 Å². The molecule has 1 atom stereocenters. The minimum absolute atomic E-state index is 0.302. The summed E-state index contributed by atoms with van der Waals surface area (Å²) in [6.45, 7) is 1.88. The quantitative estimate of drug-likeness (QED) is 0.575. The van der Waals surface area contributed by atoms with Gasteiger partial charge in [0.05, 0.1) is 5.92 Å². The Morgan fingerprint density at radius 2 is 2.25 bits per heavy atom. The fourth-order valence-corrected chi connectivity index (χ4v) is 0.577. The van der Waals surface area contributed by atoms with E-state index >= 15 is 0 Å². The van der Waals surface area contributed by atoms with E-state index in [1.165, 1.54) is 0 Å². The van der Waals surface area contributed by atoms with Gasteiger partial charge in [-0.3, -0.25) is 9.59 Å². The standard InChI is InChI=1S/C8H11NO3/c1-3-7(10)9-5-4-6(2)8(11)12/h1,6H,4-5H2,2H3,(H,9,10)(H,11,12). The summed E-state index contributed by atoms with van der Waals surface area (Å²) < 4.78 is 0. The molecule has 0 aromatic heterocycles. The number of carboxylic acid groups (broad SMARTS) is 1. The van der Waals surface area contributed by atoms with Gasteiger partial charge < -0.3 is 10.4 Å². The lowest BCUT2D eigenvalue weighted by atomic mass is 10.1. The third-order valence-electron chi connectivity index (χ3n) is 1.42. The van der Waals surface area contributed by atoms with Crippen LogP contribution in [0.3, 0.4) is 0 Å². The lowest BCUT2D eigenvalue weighted by Gasteiger charge is -2.04. The average molecular weight is 169 g/mol. The highest BCUT2D eigenvalue weighted by molar-refractivity contribution is 5.92. The Morgan fingerprint density at radius 3 is 2.67 bits per heavy atom. The van der Waals surface area contributed by atoms with Crippen LogP contribution in [0, 0.1) is 18.3 Å².